The summed E-state index contributed by atoms with van der Waals surface area (Å²) >= 11 is 0. The van der Waals surface area contributed by atoms with E-state index >= 15 is 0 Å². The minimum Gasteiger partial charge on any atom is -0.354 e. The zero-order valence-electron chi connectivity index (χ0n) is 9.80. The van der Waals surface area contributed by atoms with Gasteiger partial charge in [0.25, 0.3) is 0 Å². The van der Waals surface area contributed by atoms with Crippen molar-refractivity contribution in [1.29, 1.82) is 0 Å². The Morgan fingerprint density at radius 1 is 1.12 bits per heavy atom. The first kappa shape index (κ1) is 13.7. The maximum atomic E-state index is 12.4. The van der Waals surface area contributed by atoms with E-state index < -0.39 is 12.0 Å². The van der Waals surface area contributed by atoms with Gasteiger partial charge in [-0.25, -0.2) is 4.98 Å². The first-order valence-electron chi connectivity index (χ1n) is 5.47. The van der Waals surface area contributed by atoms with Crippen LogP contribution in [0, 0.1) is 6.92 Å². The van der Waals surface area contributed by atoms with Gasteiger partial charge in [-0.1, -0.05) is 19.8 Å². The predicted molar refractivity (Wildman–Crippen MR) is 57.6 cm³/mol. The summed E-state index contributed by atoms with van der Waals surface area (Å²) < 4.78 is 37.2. The molecule has 0 saturated carbocycles. The van der Waals surface area contributed by atoms with Crippen LogP contribution in [0.25, 0.3) is 0 Å². The van der Waals surface area contributed by atoms with Gasteiger partial charge < -0.3 is 5.32 Å². The number of nitrogens with zero attached hydrogens (tertiary/aromatic N) is 3. The first-order chi connectivity index (χ1) is 7.93. The molecule has 1 N–H and O–H groups in total. The summed E-state index contributed by atoms with van der Waals surface area (Å²) in [5, 5.41) is 2.77. The summed E-state index contributed by atoms with van der Waals surface area (Å²) in [4.78, 5) is 10.4. The van der Waals surface area contributed by atoms with E-state index in [2.05, 4.69) is 27.2 Å². The minimum atomic E-state index is -4.53. The monoisotopic (exact) mass is 248 g/mol. The lowest BCUT2D eigenvalue weighted by molar-refractivity contribution is -0.145. The molecule has 1 aromatic rings. The van der Waals surface area contributed by atoms with Crippen LogP contribution in [0.2, 0.25) is 0 Å². The van der Waals surface area contributed by atoms with Crippen LogP contribution in [0.3, 0.4) is 0 Å². The molecule has 7 heteroatoms. The molecule has 96 valence electrons. The Balaban J connectivity index is 2.69. The van der Waals surface area contributed by atoms with Crippen LogP contribution >= 0.6 is 0 Å². The maximum absolute atomic E-state index is 12.4. The van der Waals surface area contributed by atoms with Gasteiger partial charge >= 0.3 is 6.18 Å². The zero-order valence-corrected chi connectivity index (χ0v) is 9.80. The molecule has 0 atom stereocenters. The number of rotatable bonds is 5. The van der Waals surface area contributed by atoms with Gasteiger partial charge in [-0.05, 0) is 13.3 Å². The number of hydrogen-bond donors (Lipinski definition) is 1. The van der Waals surface area contributed by atoms with E-state index in [1.807, 2.05) is 0 Å². The lowest BCUT2D eigenvalue weighted by atomic mass is 10.2. The van der Waals surface area contributed by atoms with Gasteiger partial charge in [0, 0.05) is 6.54 Å². The number of aryl methyl sites for hydroxylation is 1. The maximum Gasteiger partial charge on any atom is 0.451 e. The van der Waals surface area contributed by atoms with Crippen molar-refractivity contribution in [2.45, 2.75) is 39.3 Å². The molecule has 1 aromatic heterocycles. The minimum absolute atomic E-state index is 0.0130. The van der Waals surface area contributed by atoms with Crippen LogP contribution in [0.15, 0.2) is 0 Å². The summed E-state index contributed by atoms with van der Waals surface area (Å²) in [6, 6.07) is 0. The fourth-order valence-corrected chi connectivity index (χ4v) is 1.26. The molecule has 0 fully saturated rings. The summed E-state index contributed by atoms with van der Waals surface area (Å²) in [5.74, 6) is -1.10. The van der Waals surface area contributed by atoms with Crippen LogP contribution in [0.4, 0.5) is 19.1 Å². The summed E-state index contributed by atoms with van der Waals surface area (Å²) in [7, 11) is 0. The molecule has 1 rings (SSSR count). The van der Waals surface area contributed by atoms with Crippen molar-refractivity contribution < 1.29 is 13.2 Å². The van der Waals surface area contributed by atoms with Crippen LogP contribution in [-0.4, -0.2) is 21.5 Å². The number of nitrogens with one attached hydrogen (secondary N) is 1. The highest BCUT2D eigenvalue weighted by Crippen LogP contribution is 2.26. The topological polar surface area (TPSA) is 50.7 Å². The number of aromatic nitrogens is 3. The van der Waals surface area contributed by atoms with Gasteiger partial charge in [0.1, 0.15) is 5.82 Å². The molecule has 0 aromatic carbocycles. The number of unbranched alkanes of at least 4 members (excludes halogenated alkanes) is 2. The Labute approximate surface area is 97.7 Å². The average Bonchev–Trinajstić information content (AvgIpc) is 2.22. The van der Waals surface area contributed by atoms with E-state index in [1.165, 1.54) is 6.92 Å². The second-order valence-corrected chi connectivity index (χ2v) is 3.66. The average molecular weight is 248 g/mol. The van der Waals surface area contributed by atoms with Crippen molar-refractivity contribution in [2.75, 3.05) is 11.9 Å². The van der Waals surface area contributed by atoms with Crippen LogP contribution in [-0.2, 0) is 6.18 Å². The summed E-state index contributed by atoms with van der Waals surface area (Å²) in [5.41, 5.74) is 0. The number of alkyl halides is 3. The van der Waals surface area contributed by atoms with Crippen LogP contribution < -0.4 is 5.32 Å². The molecule has 0 spiro atoms. The molecule has 4 nitrogen and oxygen atoms in total. The summed E-state index contributed by atoms with van der Waals surface area (Å²) in [6.07, 6.45) is -1.59. The van der Waals surface area contributed by atoms with Crippen LogP contribution in [0.5, 0.6) is 0 Å². The third-order valence-corrected chi connectivity index (χ3v) is 2.06. The van der Waals surface area contributed by atoms with Crippen molar-refractivity contribution >= 4 is 5.95 Å². The first-order valence-corrected chi connectivity index (χ1v) is 5.47. The normalized spacial score (nSPS) is 11.6. The predicted octanol–water partition coefficient (Wildman–Crippen LogP) is 2.80. The molecular weight excluding hydrogens is 233 g/mol. The van der Waals surface area contributed by atoms with E-state index in [1.54, 1.807) is 0 Å². The smallest absolute Gasteiger partial charge is 0.354 e. The fourth-order valence-electron chi connectivity index (χ4n) is 1.26. The molecule has 1 heterocycles. The molecular formula is C10H15F3N4. The van der Waals surface area contributed by atoms with Crippen molar-refractivity contribution in [1.82, 2.24) is 15.0 Å². The van der Waals surface area contributed by atoms with E-state index in [9.17, 15) is 13.2 Å². The third-order valence-electron chi connectivity index (χ3n) is 2.06. The second-order valence-electron chi connectivity index (χ2n) is 3.66. The number of hydrogen-bond acceptors (Lipinski definition) is 4. The Bertz CT molecular complexity index is 365. The largest absolute Gasteiger partial charge is 0.451 e. The lowest BCUT2D eigenvalue weighted by Gasteiger charge is -2.08. The van der Waals surface area contributed by atoms with Gasteiger partial charge in [-0.15, -0.1) is 0 Å². The Morgan fingerprint density at radius 3 is 2.41 bits per heavy atom. The standard InChI is InChI=1S/C10H15F3N4/c1-3-4-5-6-14-9-16-7(2)15-8(17-9)10(11,12)13/h3-6H2,1-2H3,(H,14,15,16,17). The molecule has 0 amide bonds. The van der Waals surface area contributed by atoms with Crippen molar-refractivity contribution in [3.8, 4) is 0 Å². The molecule has 0 aliphatic rings. The summed E-state index contributed by atoms with van der Waals surface area (Å²) in [6.45, 7) is 4.03. The third kappa shape index (κ3) is 4.54. The van der Waals surface area contributed by atoms with Crippen molar-refractivity contribution in [3.63, 3.8) is 0 Å². The molecule has 0 bridgehead atoms. The Hall–Kier alpha value is -1.40. The van der Waals surface area contributed by atoms with Crippen LogP contribution in [0.1, 0.15) is 37.8 Å². The van der Waals surface area contributed by atoms with Crippen molar-refractivity contribution in [3.05, 3.63) is 11.6 Å². The Kier molecular flexibility index (Phi) is 4.65. The van der Waals surface area contributed by atoms with E-state index in [0.29, 0.717) is 6.54 Å². The van der Waals surface area contributed by atoms with Gasteiger partial charge in [-0.3, -0.25) is 0 Å². The lowest BCUT2D eigenvalue weighted by Crippen LogP contribution is -2.16. The second kappa shape index (κ2) is 5.79. The van der Waals surface area contributed by atoms with E-state index in [0.717, 1.165) is 19.3 Å². The van der Waals surface area contributed by atoms with E-state index in [4.69, 9.17) is 0 Å². The number of anilines is 1. The fraction of sp³-hybridized carbons (Fsp3) is 0.700. The molecule has 0 unspecified atom stereocenters. The van der Waals surface area contributed by atoms with Gasteiger partial charge in [0.05, 0.1) is 0 Å². The van der Waals surface area contributed by atoms with Gasteiger partial charge in [0.2, 0.25) is 11.8 Å². The van der Waals surface area contributed by atoms with Gasteiger partial charge in [0.15, 0.2) is 0 Å². The zero-order chi connectivity index (χ0) is 12.9. The van der Waals surface area contributed by atoms with Crippen molar-refractivity contribution in [2.24, 2.45) is 0 Å². The highest BCUT2D eigenvalue weighted by Gasteiger charge is 2.35. The molecule has 0 aliphatic heterocycles. The molecule has 0 saturated heterocycles. The highest BCUT2D eigenvalue weighted by molar-refractivity contribution is 5.24. The highest BCUT2D eigenvalue weighted by atomic mass is 19.4. The number of halogens is 3. The molecule has 0 aliphatic carbocycles. The Morgan fingerprint density at radius 2 is 1.82 bits per heavy atom. The molecule has 0 radical (unpaired) electrons. The molecule has 17 heavy (non-hydrogen) atoms. The SMILES string of the molecule is CCCCCNc1nc(C)nc(C(F)(F)F)n1. The quantitative estimate of drug-likeness (QED) is 0.814. The van der Waals surface area contributed by atoms with E-state index in [-0.39, 0.29) is 11.8 Å². The van der Waals surface area contributed by atoms with Gasteiger partial charge in [-0.2, -0.15) is 23.1 Å².